The summed E-state index contributed by atoms with van der Waals surface area (Å²) >= 11 is 0. The number of anilines is 1. The van der Waals surface area contributed by atoms with Crippen LogP contribution in [0, 0.1) is 5.92 Å². The molecule has 0 bridgehead atoms. The van der Waals surface area contributed by atoms with Gasteiger partial charge in [0.25, 0.3) is 5.91 Å². The van der Waals surface area contributed by atoms with Crippen molar-refractivity contribution in [1.29, 1.82) is 0 Å². The molecular formula is C15H24N4O. The number of carbonyl (C=O) groups is 1. The fourth-order valence-corrected chi connectivity index (χ4v) is 2.35. The standard InChI is InChI=1S/C15H24N4O/c1-10(2)14-17-8-12(16-3)13(18-14)15(20)19(4)9-11-6-5-7-11/h8,10-11,16H,5-7,9H2,1-4H3. The third-order valence-corrected chi connectivity index (χ3v) is 3.90. The lowest BCUT2D eigenvalue weighted by atomic mass is 9.85. The monoisotopic (exact) mass is 276 g/mol. The summed E-state index contributed by atoms with van der Waals surface area (Å²) in [7, 11) is 3.65. The van der Waals surface area contributed by atoms with Crippen LogP contribution < -0.4 is 5.32 Å². The molecule has 20 heavy (non-hydrogen) atoms. The zero-order valence-electron chi connectivity index (χ0n) is 12.8. The molecule has 1 amide bonds. The van der Waals surface area contributed by atoms with Gasteiger partial charge in [0, 0.05) is 26.6 Å². The van der Waals surface area contributed by atoms with Gasteiger partial charge in [0.2, 0.25) is 0 Å². The SMILES string of the molecule is CNc1cnc(C(C)C)nc1C(=O)N(C)CC1CCC1. The third-order valence-electron chi connectivity index (χ3n) is 3.90. The number of rotatable bonds is 5. The molecule has 0 saturated heterocycles. The van der Waals surface area contributed by atoms with E-state index in [1.807, 2.05) is 20.9 Å². The smallest absolute Gasteiger partial charge is 0.274 e. The van der Waals surface area contributed by atoms with Crippen LogP contribution in [0.15, 0.2) is 6.20 Å². The van der Waals surface area contributed by atoms with E-state index in [0.717, 1.165) is 6.54 Å². The number of carbonyl (C=O) groups excluding carboxylic acids is 1. The average Bonchev–Trinajstić information content (AvgIpc) is 2.40. The van der Waals surface area contributed by atoms with Gasteiger partial charge in [-0.3, -0.25) is 4.79 Å². The number of amides is 1. The topological polar surface area (TPSA) is 58.1 Å². The lowest BCUT2D eigenvalue weighted by Gasteiger charge is -2.30. The number of nitrogens with one attached hydrogen (secondary N) is 1. The Morgan fingerprint density at radius 3 is 2.70 bits per heavy atom. The van der Waals surface area contributed by atoms with Gasteiger partial charge in [0.05, 0.1) is 11.9 Å². The van der Waals surface area contributed by atoms with Crippen molar-refractivity contribution in [3.8, 4) is 0 Å². The van der Waals surface area contributed by atoms with Crippen LogP contribution in [-0.4, -0.2) is 41.4 Å². The van der Waals surface area contributed by atoms with Gasteiger partial charge in [-0.1, -0.05) is 20.3 Å². The second-order valence-corrected chi connectivity index (χ2v) is 5.88. The Bertz CT molecular complexity index is 483. The van der Waals surface area contributed by atoms with Crippen molar-refractivity contribution < 1.29 is 4.79 Å². The third kappa shape index (κ3) is 3.08. The van der Waals surface area contributed by atoms with Crippen LogP contribution in [0.25, 0.3) is 0 Å². The lowest BCUT2D eigenvalue weighted by molar-refractivity contribution is 0.0740. The highest BCUT2D eigenvalue weighted by Crippen LogP contribution is 2.27. The summed E-state index contributed by atoms with van der Waals surface area (Å²) in [5.74, 6) is 1.56. The van der Waals surface area contributed by atoms with E-state index in [-0.39, 0.29) is 11.8 Å². The molecule has 0 aromatic carbocycles. The molecule has 1 fully saturated rings. The maximum absolute atomic E-state index is 12.6. The highest BCUT2D eigenvalue weighted by atomic mass is 16.2. The zero-order valence-corrected chi connectivity index (χ0v) is 12.8. The number of hydrogen-bond donors (Lipinski definition) is 1. The van der Waals surface area contributed by atoms with E-state index in [2.05, 4.69) is 15.3 Å². The van der Waals surface area contributed by atoms with E-state index in [9.17, 15) is 4.79 Å². The van der Waals surface area contributed by atoms with E-state index in [0.29, 0.717) is 23.1 Å². The van der Waals surface area contributed by atoms with Crippen molar-refractivity contribution >= 4 is 11.6 Å². The van der Waals surface area contributed by atoms with Gasteiger partial charge >= 0.3 is 0 Å². The molecule has 0 aliphatic heterocycles. The highest BCUT2D eigenvalue weighted by Gasteiger charge is 2.24. The Labute approximate surface area is 120 Å². The molecule has 1 aliphatic carbocycles. The maximum atomic E-state index is 12.6. The van der Waals surface area contributed by atoms with E-state index < -0.39 is 0 Å². The minimum Gasteiger partial charge on any atom is -0.385 e. The molecule has 2 rings (SSSR count). The first-order chi connectivity index (χ1) is 9.52. The number of hydrogen-bond acceptors (Lipinski definition) is 4. The van der Waals surface area contributed by atoms with Crippen LogP contribution in [0.3, 0.4) is 0 Å². The molecule has 1 aromatic heterocycles. The first-order valence-electron chi connectivity index (χ1n) is 7.33. The Kier molecular flexibility index (Phi) is 4.57. The van der Waals surface area contributed by atoms with Crippen molar-refractivity contribution in [1.82, 2.24) is 14.9 Å². The summed E-state index contributed by atoms with van der Waals surface area (Å²) in [5, 5.41) is 3.01. The average molecular weight is 276 g/mol. The van der Waals surface area contributed by atoms with Gasteiger partial charge in [0.15, 0.2) is 5.69 Å². The van der Waals surface area contributed by atoms with Crippen LogP contribution in [0.5, 0.6) is 0 Å². The van der Waals surface area contributed by atoms with Crippen LogP contribution in [0.4, 0.5) is 5.69 Å². The van der Waals surface area contributed by atoms with Crippen LogP contribution in [0.2, 0.25) is 0 Å². The van der Waals surface area contributed by atoms with E-state index in [4.69, 9.17) is 0 Å². The Morgan fingerprint density at radius 2 is 2.20 bits per heavy atom. The van der Waals surface area contributed by atoms with Crippen molar-refractivity contribution in [3.63, 3.8) is 0 Å². The van der Waals surface area contributed by atoms with Gasteiger partial charge in [-0.05, 0) is 18.8 Å². The predicted molar refractivity (Wildman–Crippen MR) is 80.0 cm³/mol. The molecule has 1 saturated carbocycles. The van der Waals surface area contributed by atoms with Crippen LogP contribution in [-0.2, 0) is 0 Å². The number of aromatic nitrogens is 2. The Hall–Kier alpha value is -1.65. The summed E-state index contributed by atoms with van der Waals surface area (Å²) < 4.78 is 0. The fourth-order valence-electron chi connectivity index (χ4n) is 2.35. The molecule has 0 unspecified atom stereocenters. The quantitative estimate of drug-likeness (QED) is 0.897. The molecular weight excluding hydrogens is 252 g/mol. The first-order valence-corrected chi connectivity index (χ1v) is 7.33. The molecule has 1 N–H and O–H groups in total. The fraction of sp³-hybridized carbons (Fsp3) is 0.667. The highest BCUT2D eigenvalue weighted by molar-refractivity contribution is 5.97. The summed E-state index contributed by atoms with van der Waals surface area (Å²) in [5.41, 5.74) is 1.17. The van der Waals surface area contributed by atoms with Crippen molar-refractivity contribution in [2.75, 3.05) is 26.0 Å². The molecule has 1 aliphatic rings. The largest absolute Gasteiger partial charge is 0.385 e. The summed E-state index contributed by atoms with van der Waals surface area (Å²) in [6.45, 7) is 4.88. The minimum absolute atomic E-state index is 0.0226. The van der Waals surface area contributed by atoms with E-state index in [1.165, 1.54) is 19.3 Å². The van der Waals surface area contributed by atoms with Gasteiger partial charge in [0.1, 0.15) is 5.82 Å². The number of nitrogens with zero attached hydrogens (tertiary/aromatic N) is 3. The normalized spacial score (nSPS) is 15.1. The summed E-state index contributed by atoms with van der Waals surface area (Å²) in [6, 6.07) is 0. The molecule has 5 nitrogen and oxygen atoms in total. The predicted octanol–water partition coefficient (Wildman–Crippen LogP) is 2.51. The molecule has 0 radical (unpaired) electrons. The second-order valence-electron chi connectivity index (χ2n) is 5.88. The molecule has 5 heteroatoms. The molecule has 0 atom stereocenters. The first kappa shape index (κ1) is 14.8. The lowest BCUT2D eigenvalue weighted by Crippen LogP contribution is -2.35. The maximum Gasteiger partial charge on any atom is 0.274 e. The van der Waals surface area contributed by atoms with Gasteiger partial charge in [-0.2, -0.15) is 0 Å². The van der Waals surface area contributed by atoms with Crippen LogP contribution in [0.1, 0.15) is 55.3 Å². The second kappa shape index (κ2) is 6.20. The van der Waals surface area contributed by atoms with E-state index in [1.54, 1.807) is 18.1 Å². The van der Waals surface area contributed by atoms with Crippen LogP contribution >= 0.6 is 0 Å². The van der Waals surface area contributed by atoms with Gasteiger partial charge < -0.3 is 10.2 Å². The summed E-state index contributed by atoms with van der Waals surface area (Å²) in [6.07, 6.45) is 5.46. The van der Waals surface area contributed by atoms with Crippen molar-refractivity contribution in [3.05, 3.63) is 17.7 Å². The van der Waals surface area contributed by atoms with E-state index >= 15 is 0 Å². The van der Waals surface area contributed by atoms with Gasteiger partial charge in [-0.25, -0.2) is 9.97 Å². The molecule has 1 aromatic rings. The molecule has 1 heterocycles. The molecule has 110 valence electrons. The molecule has 0 spiro atoms. The summed E-state index contributed by atoms with van der Waals surface area (Å²) in [4.78, 5) is 23.1. The Morgan fingerprint density at radius 1 is 1.50 bits per heavy atom. The van der Waals surface area contributed by atoms with Crippen molar-refractivity contribution in [2.45, 2.75) is 39.0 Å². The minimum atomic E-state index is -0.0226. The van der Waals surface area contributed by atoms with Crippen molar-refractivity contribution in [2.24, 2.45) is 5.92 Å². The van der Waals surface area contributed by atoms with Gasteiger partial charge in [-0.15, -0.1) is 0 Å². The Balaban J connectivity index is 2.19. The zero-order chi connectivity index (χ0) is 14.7.